The van der Waals surface area contributed by atoms with E-state index in [0.717, 1.165) is 25.5 Å². The van der Waals surface area contributed by atoms with Crippen LogP contribution in [0.1, 0.15) is 29.3 Å². The van der Waals surface area contributed by atoms with Crippen molar-refractivity contribution in [2.45, 2.75) is 25.3 Å². The largest absolute Gasteiger partial charge is 0.356 e. The van der Waals surface area contributed by atoms with E-state index in [-0.39, 0.29) is 0 Å². The predicted molar refractivity (Wildman–Crippen MR) is 105 cm³/mol. The molecule has 0 aromatic carbocycles. The predicted octanol–water partition coefficient (Wildman–Crippen LogP) is 2.69. The minimum atomic E-state index is 0.430. The minimum Gasteiger partial charge on any atom is -0.356 e. The molecule has 2 aromatic heterocycles. The Morgan fingerprint density at radius 3 is 2.84 bits per heavy atom. The first-order valence-electron chi connectivity index (χ1n) is 8.97. The molecule has 0 spiro atoms. The third-order valence-corrected chi connectivity index (χ3v) is 5.54. The van der Waals surface area contributed by atoms with Gasteiger partial charge in [-0.05, 0) is 55.4 Å². The maximum absolute atomic E-state index is 4.36. The number of aliphatic imine (C=N–C) groups is 1. The molecule has 3 heterocycles. The van der Waals surface area contributed by atoms with Crippen molar-refractivity contribution in [1.29, 1.82) is 0 Å². The highest BCUT2D eigenvalue weighted by atomic mass is 32.1. The smallest absolute Gasteiger partial charge is 0.191 e. The van der Waals surface area contributed by atoms with Crippen LogP contribution in [0.5, 0.6) is 0 Å². The lowest BCUT2D eigenvalue weighted by Crippen LogP contribution is -2.43. The van der Waals surface area contributed by atoms with Crippen molar-refractivity contribution in [2.75, 3.05) is 33.2 Å². The normalized spacial score (nSPS) is 16.8. The first kappa shape index (κ1) is 17.9. The van der Waals surface area contributed by atoms with Crippen LogP contribution in [0.4, 0.5) is 0 Å². The maximum Gasteiger partial charge on any atom is 0.191 e. The summed E-state index contributed by atoms with van der Waals surface area (Å²) in [6, 6.07) is 8.90. The van der Waals surface area contributed by atoms with Gasteiger partial charge in [0.15, 0.2) is 5.96 Å². The van der Waals surface area contributed by atoms with Crippen molar-refractivity contribution >= 4 is 17.3 Å². The molecule has 2 aromatic rings. The highest BCUT2D eigenvalue weighted by Gasteiger charge is 2.24. The number of hydrogen-bond donors (Lipinski definition) is 2. The lowest BCUT2D eigenvalue weighted by atomic mass is 10.2. The number of pyridine rings is 1. The Balaban J connectivity index is 1.50. The van der Waals surface area contributed by atoms with Gasteiger partial charge in [-0.1, -0.05) is 12.1 Å². The van der Waals surface area contributed by atoms with Crippen molar-refractivity contribution in [3.8, 4) is 0 Å². The molecule has 0 amide bonds. The van der Waals surface area contributed by atoms with Crippen LogP contribution in [0.3, 0.4) is 0 Å². The van der Waals surface area contributed by atoms with Gasteiger partial charge in [0.25, 0.3) is 0 Å². The summed E-state index contributed by atoms with van der Waals surface area (Å²) in [5.74, 6) is 0.865. The van der Waals surface area contributed by atoms with E-state index in [1.165, 1.54) is 36.4 Å². The second kappa shape index (κ2) is 9.53. The number of rotatable bonds is 7. The molecule has 1 unspecified atom stereocenters. The standard InChI is InChI=1S/C19H27N5S/c1-20-19(22-10-8-16-6-4-9-21-14-16)23-15-17(18-7-5-13-25-18)24-11-2-3-12-24/h4-7,9,13-14,17H,2-3,8,10-12,15H2,1H3,(H2,20,22,23). The molecule has 1 aliphatic heterocycles. The number of guanidine groups is 1. The fourth-order valence-corrected chi connectivity index (χ4v) is 4.09. The molecule has 0 aliphatic carbocycles. The Morgan fingerprint density at radius 1 is 1.28 bits per heavy atom. The number of nitrogens with zero attached hydrogens (tertiary/aromatic N) is 3. The van der Waals surface area contributed by atoms with Gasteiger partial charge in [0, 0.05) is 37.4 Å². The number of likely N-dealkylation sites (tertiary alicyclic amines) is 1. The summed E-state index contributed by atoms with van der Waals surface area (Å²) in [7, 11) is 1.83. The molecule has 3 rings (SSSR count). The average molecular weight is 358 g/mol. The molecule has 25 heavy (non-hydrogen) atoms. The molecule has 2 N–H and O–H groups in total. The average Bonchev–Trinajstić information content (AvgIpc) is 3.36. The van der Waals surface area contributed by atoms with Gasteiger partial charge < -0.3 is 10.6 Å². The molecule has 1 fully saturated rings. The fourth-order valence-electron chi connectivity index (χ4n) is 3.23. The minimum absolute atomic E-state index is 0.430. The Labute approximate surface area is 154 Å². The van der Waals surface area contributed by atoms with Crippen LogP contribution in [-0.2, 0) is 6.42 Å². The van der Waals surface area contributed by atoms with E-state index < -0.39 is 0 Å². The zero-order valence-electron chi connectivity index (χ0n) is 14.8. The molecule has 6 heteroatoms. The Morgan fingerprint density at radius 2 is 2.16 bits per heavy atom. The van der Waals surface area contributed by atoms with Crippen LogP contribution in [-0.4, -0.2) is 49.1 Å². The molecule has 0 radical (unpaired) electrons. The molecule has 134 valence electrons. The summed E-state index contributed by atoms with van der Waals surface area (Å²) < 4.78 is 0. The van der Waals surface area contributed by atoms with E-state index in [1.807, 2.05) is 30.6 Å². The Kier molecular flexibility index (Phi) is 6.82. The van der Waals surface area contributed by atoms with Crippen LogP contribution in [0.2, 0.25) is 0 Å². The number of nitrogens with one attached hydrogen (secondary N) is 2. The highest BCUT2D eigenvalue weighted by molar-refractivity contribution is 7.10. The van der Waals surface area contributed by atoms with Crippen molar-refractivity contribution in [3.05, 3.63) is 52.5 Å². The topological polar surface area (TPSA) is 52.6 Å². The summed E-state index contributed by atoms with van der Waals surface area (Å²) >= 11 is 1.84. The molecule has 0 bridgehead atoms. The van der Waals surface area contributed by atoms with Gasteiger partial charge in [0.2, 0.25) is 0 Å². The molecule has 5 nitrogen and oxygen atoms in total. The summed E-state index contributed by atoms with van der Waals surface area (Å²) in [5, 5.41) is 9.08. The van der Waals surface area contributed by atoms with E-state index >= 15 is 0 Å². The fraction of sp³-hybridized carbons (Fsp3) is 0.474. The van der Waals surface area contributed by atoms with Crippen molar-refractivity contribution in [1.82, 2.24) is 20.5 Å². The van der Waals surface area contributed by atoms with Crippen LogP contribution in [0.15, 0.2) is 47.0 Å². The van der Waals surface area contributed by atoms with E-state index in [9.17, 15) is 0 Å². The van der Waals surface area contributed by atoms with Crippen molar-refractivity contribution in [3.63, 3.8) is 0 Å². The third kappa shape index (κ3) is 5.28. The third-order valence-electron chi connectivity index (χ3n) is 4.57. The quantitative estimate of drug-likeness (QED) is 0.591. The summed E-state index contributed by atoms with van der Waals surface area (Å²) in [4.78, 5) is 12.5. The molecule has 0 saturated carbocycles. The monoisotopic (exact) mass is 357 g/mol. The summed E-state index contributed by atoms with van der Waals surface area (Å²) in [5.41, 5.74) is 1.24. The van der Waals surface area contributed by atoms with Gasteiger partial charge in [0.1, 0.15) is 0 Å². The first-order chi connectivity index (χ1) is 12.4. The zero-order chi connectivity index (χ0) is 17.3. The van der Waals surface area contributed by atoms with Crippen LogP contribution in [0.25, 0.3) is 0 Å². The highest BCUT2D eigenvalue weighted by Crippen LogP contribution is 2.27. The molecular formula is C19H27N5S. The van der Waals surface area contributed by atoms with E-state index in [4.69, 9.17) is 0 Å². The Bertz CT molecular complexity index is 635. The van der Waals surface area contributed by atoms with Gasteiger partial charge >= 0.3 is 0 Å². The first-order valence-corrected chi connectivity index (χ1v) is 9.85. The Hall–Kier alpha value is -1.92. The van der Waals surface area contributed by atoms with E-state index in [2.05, 4.69) is 49.1 Å². The van der Waals surface area contributed by atoms with Crippen molar-refractivity contribution in [2.24, 2.45) is 4.99 Å². The van der Waals surface area contributed by atoms with Crippen LogP contribution in [0, 0.1) is 0 Å². The van der Waals surface area contributed by atoms with E-state index in [0.29, 0.717) is 6.04 Å². The van der Waals surface area contributed by atoms with Gasteiger partial charge in [-0.25, -0.2) is 0 Å². The lowest BCUT2D eigenvalue weighted by Gasteiger charge is -2.27. The summed E-state index contributed by atoms with van der Waals surface area (Å²) in [6.07, 6.45) is 7.27. The van der Waals surface area contributed by atoms with Crippen LogP contribution >= 0.6 is 11.3 Å². The number of hydrogen-bond acceptors (Lipinski definition) is 4. The number of aromatic nitrogens is 1. The zero-order valence-corrected chi connectivity index (χ0v) is 15.6. The van der Waals surface area contributed by atoms with Crippen molar-refractivity contribution < 1.29 is 0 Å². The lowest BCUT2D eigenvalue weighted by molar-refractivity contribution is 0.249. The summed E-state index contributed by atoms with van der Waals surface area (Å²) in [6.45, 7) is 4.11. The van der Waals surface area contributed by atoms with E-state index in [1.54, 1.807) is 6.20 Å². The number of thiophene rings is 1. The second-order valence-electron chi connectivity index (χ2n) is 6.27. The second-order valence-corrected chi connectivity index (χ2v) is 7.24. The molecule has 1 aliphatic rings. The molecular weight excluding hydrogens is 330 g/mol. The van der Waals surface area contributed by atoms with Gasteiger partial charge in [-0.15, -0.1) is 11.3 Å². The van der Waals surface area contributed by atoms with Crippen LogP contribution < -0.4 is 10.6 Å². The molecule has 1 saturated heterocycles. The molecule has 1 atom stereocenters. The SMILES string of the molecule is CN=C(NCCc1cccnc1)NCC(c1cccs1)N1CCCC1. The maximum atomic E-state index is 4.36. The van der Waals surface area contributed by atoms with Gasteiger partial charge in [-0.3, -0.25) is 14.9 Å². The van der Waals surface area contributed by atoms with Gasteiger partial charge in [0.05, 0.1) is 6.04 Å². The van der Waals surface area contributed by atoms with Gasteiger partial charge in [-0.2, -0.15) is 0 Å².